The third-order valence-electron chi connectivity index (χ3n) is 3.11. The summed E-state index contributed by atoms with van der Waals surface area (Å²) in [4.78, 5) is 24.6. The van der Waals surface area contributed by atoms with Crippen molar-refractivity contribution in [2.45, 2.75) is 37.5 Å². The first-order valence-electron chi connectivity index (χ1n) is 6.34. The molecule has 0 saturated heterocycles. The van der Waals surface area contributed by atoms with Gasteiger partial charge >= 0.3 is 5.97 Å². The number of amides is 1. The van der Waals surface area contributed by atoms with Crippen molar-refractivity contribution in [3.63, 3.8) is 0 Å². The van der Waals surface area contributed by atoms with Gasteiger partial charge in [0.2, 0.25) is 5.91 Å². The van der Waals surface area contributed by atoms with Crippen molar-refractivity contribution < 1.29 is 14.7 Å². The summed E-state index contributed by atoms with van der Waals surface area (Å²) in [6.45, 7) is 1.91. The lowest BCUT2D eigenvalue weighted by atomic mass is 10.1. The van der Waals surface area contributed by atoms with E-state index in [4.69, 9.17) is 5.11 Å². The third kappa shape index (κ3) is 3.30. The highest BCUT2D eigenvalue weighted by atomic mass is 32.2. The number of thiophene rings is 1. The van der Waals surface area contributed by atoms with Crippen LogP contribution in [0, 0.1) is 0 Å². The van der Waals surface area contributed by atoms with Crippen LogP contribution in [0.25, 0.3) is 0 Å². The number of hydrogen-bond acceptors (Lipinski definition) is 4. The number of aliphatic carboxylic acids is 1. The Balaban J connectivity index is 2.07. The number of aryl methyl sites for hydroxylation is 1. The molecule has 2 atom stereocenters. The maximum atomic E-state index is 12.3. The van der Waals surface area contributed by atoms with E-state index in [1.807, 2.05) is 18.4 Å². The lowest BCUT2D eigenvalue weighted by molar-refractivity contribution is -0.142. The molecule has 0 fully saturated rings. The summed E-state index contributed by atoms with van der Waals surface area (Å²) in [7, 11) is 0. The standard InChI is InChI=1S/C13H17NO3S2/c1-2-3-9(13(16)17)14-12(15)11-8-4-6-18-10(8)5-7-19-11/h4,6,9,11H,2-3,5,7H2,1H3,(H,14,15)(H,16,17). The summed E-state index contributed by atoms with van der Waals surface area (Å²) >= 11 is 3.26. The molecule has 2 heterocycles. The van der Waals surface area contributed by atoms with Crippen LogP contribution in [0.5, 0.6) is 0 Å². The molecule has 0 bridgehead atoms. The van der Waals surface area contributed by atoms with Gasteiger partial charge in [-0.05, 0) is 35.6 Å². The van der Waals surface area contributed by atoms with E-state index >= 15 is 0 Å². The van der Waals surface area contributed by atoms with Crippen LogP contribution < -0.4 is 5.32 Å². The monoisotopic (exact) mass is 299 g/mol. The fourth-order valence-corrected chi connectivity index (χ4v) is 4.46. The number of hydrogen-bond donors (Lipinski definition) is 2. The molecular formula is C13H17NO3S2. The van der Waals surface area contributed by atoms with Crippen LogP contribution in [-0.2, 0) is 16.0 Å². The van der Waals surface area contributed by atoms with Gasteiger partial charge in [-0.3, -0.25) is 4.79 Å². The van der Waals surface area contributed by atoms with Crippen LogP contribution in [0.4, 0.5) is 0 Å². The molecule has 2 N–H and O–H groups in total. The second-order valence-corrected chi connectivity index (χ2v) is 6.70. The molecule has 1 aromatic rings. The predicted molar refractivity (Wildman–Crippen MR) is 77.7 cm³/mol. The predicted octanol–water partition coefficient (Wildman–Crippen LogP) is 2.45. The molecule has 1 aliphatic rings. The van der Waals surface area contributed by atoms with Crippen LogP contribution in [0.15, 0.2) is 11.4 Å². The van der Waals surface area contributed by atoms with Gasteiger partial charge in [-0.1, -0.05) is 13.3 Å². The molecule has 104 valence electrons. The molecule has 1 aromatic heterocycles. The van der Waals surface area contributed by atoms with E-state index in [0.717, 1.165) is 24.2 Å². The quantitative estimate of drug-likeness (QED) is 0.876. The fourth-order valence-electron chi connectivity index (χ4n) is 2.16. The van der Waals surface area contributed by atoms with Crippen molar-refractivity contribution in [2.75, 3.05) is 5.75 Å². The highest BCUT2D eigenvalue weighted by molar-refractivity contribution is 8.00. The first kappa shape index (κ1) is 14.4. The van der Waals surface area contributed by atoms with E-state index in [1.54, 1.807) is 23.1 Å². The highest BCUT2D eigenvalue weighted by Crippen LogP contribution is 2.39. The van der Waals surface area contributed by atoms with Crippen LogP contribution in [0.2, 0.25) is 0 Å². The SMILES string of the molecule is CCCC(NC(=O)C1SCCc2sccc21)C(=O)O. The number of carboxylic acid groups (broad SMARTS) is 1. The number of rotatable bonds is 5. The summed E-state index contributed by atoms with van der Waals surface area (Å²) in [6.07, 6.45) is 2.20. The summed E-state index contributed by atoms with van der Waals surface area (Å²) in [6, 6.07) is 1.20. The summed E-state index contributed by atoms with van der Waals surface area (Å²) < 4.78 is 0. The molecule has 0 aliphatic carbocycles. The Kier molecular flexibility index (Phi) is 4.87. The van der Waals surface area contributed by atoms with Crippen LogP contribution in [0.1, 0.15) is 35.5 Å². The van der Waals surface area contributed by atoms with Crippen LogP contribution >= 0.6 is 23.1 Å². The maximum Gasteiger partial charge on any atom is 0.326 e. The molecule has 19 heavy (non-hydrogen) atoms. The van der Waals surface area contributed by atoms with Crippen molar-refractivity contribution in [1.82, 2.24) is 5.32 Å². The Hall–Kier alpha value is -1.01. The molecule has 2 rings (SSSR count). The van der Waals surface area contributed by atoms with E-state index in [1.165, 1.54) is 4.88 Å². The Morgan fingerprint density at radius 3 is 3.05 bits per heavy atom. The zero-order chi connectivity index (χ0) is 13.8. The maximum absolute atomic E-state index is 12.3. The number of thioether (sulfide) groups is 1. The second-order valence-electron chi connectivity index (χ2n) is 4.49. The summed E-state index contributed by atoms with van der Waals surface area (Å²) in [5, 5.41) is 13.5. The van der Waals surface area contributed by atoms with Gasteiger partial charge < -0.3 is 10.4 Å². The first-order chi connectivity index (χ1) is 9.13. The number of carbonyl (C=O) groups is 2. The second kappa shape index (κ2) is 6.43. The van der Waals surface area contributed by atoms with Gasteiger partial charge in [0.05, 0.1) is 0 Å². The Bertz CT molecular complexity index is 472. The van der Waals surface area contributed by atoms with Crippen molar-refractivity contribution in [3.05, 3.63) is 21.9 Å². The molecular weight excluding hydrogens is 282 g/mol. The van der Waals surface area contributed by atoms with Crippen molar-refractivity contribution in [2.24, 2.45) is 0 Å². The average molecular weight is 299 g/mol. The smallest absolute Gasteiger partial charge is 0.326 e. The first-order valence-corrected chi connectivity index (χ1v) is 8.27. The van der Waals surface area contributed by atoms with E-state index in [9.17, 15) is 9.59 Å². The zero-order valence-electron chi connectivity index (χ0n) is 10.7. The Morgan fingerprint density at radius 1 is 1.58 bits per heavy atom. The molecule has 0 aromatic carbocycles. The van der Waals surface area contributed by atoms with Gasteiger partial charge in [-0.15, -0.1) is 23.1 Å². The average Bonchev–Trinajstić information content (AvgIpc) is 2.85. The number of nitrogens with one attached hydrogen (secondary N) is 1. The zero-order valence-corrected chi connectivity index (χ0v) is 12.4. The largest absolute Gasteiger partial charge is 0.480 e. The molecule has 1 amide bonds. The van der Waals surface area contributed by atoms with Gasteiger partial charge in [0.25, 0.3) is 0 Å². The summed E-state index contributed by atoms with van der Waals surface area (Å²) in [5.74, 6) is -0.219. The molecule has 0 saturated carbocycles. The van der Waals surface area contributed by atoms with Gasteiger partial charge in [0.1, 0.15) is 11.3 Å². The fraction of sp³-hybridized carbons (Fsp3) is 0.538. The van der Waals surface area contributed by atoms with Gasteiger partial charge in [0, 0.05) is 4.88 Å². The number of carbonyl (C=O) groups excluding carboxylic acids is 1. The van der Waals surface area contributed by atoms with Crippen LogP contribution in [-0.4, -0.2) is 28.8 Å². The van der Waals surface area contributed by atoms with Gasteiger partial charge in [-0.25, -0.2) is 4.79 Å². The van der Waals surface area contributed by atoms with E-state index in [0.29, 0.717) is 6.42 Å². The van der Waals surface area contributed by atoms with Crippen molar-refractivity contribution >= 4 is 35.0 Å². The van der Waals surface area contributed by atoms with Crippen molar-refractivity contribution in [3.8, 4) is 0 Å². The normalized spacial score (nSPS) is 19.5. The molecule has 0 spiro atoms. The molecule has 4 nitrogen and oxygen atoms in total. The van der Waals surface area contributed by atoms with E-state index in [2.05, 4.69) is 5.32 Å². The third-order valence-corrected chi connectivity index (χ3v) is 5.34. The lowest BCUT2D eigenvalue weighted by Crippen LogP contribution is -2.42. The van der Waals surface area contributed by atoms with Crippen LogP contribution in [0.3, 0.4) is 0 Å². The number of carboxylic acids is 1. The lowest BCUT2D eigenvalue weighted by Gasteiger charge is -2.23. The topological polar surface area (TPSA) is 66.4 Å². The van der Waals surface area contributed by atoms with Crippen molar-refractivity contribution in [1.29, 1.82) is 0 Å². The van der Waals surface area contributed by atoms with E-state index in [-0.39, 0.29) is 11.2 Å². The Morgan fingerprint density at radius 2 is 2.37 bits per heavy atom. The molecule has 6 heteroatoms. The molecule has 1 aliphatic heterocycles. The van der Waals surface area contributed by atoms with Gasteiger partial charge in [-0.2, -0.15) is 0 Å². The minimum Gasteiger partial charge on any atom is -0.480 e. The summed E-state index contributed by atoms with van der Waals surface area (Å²) in [5.41, 5.74) is 1.05. The molecule has 0 radical (unpaired) electrons. The number of fused-ring (bicyclic) bond motifs is 1. The van der Waals surface area contributed by atoms with E-state index < -0.39 is 12.0 Å². The van der Waals surface area contributed by atoms with Gasteiger partial charge in [0.15, 0.2) is 0 Å². The Labute approximate surface area is 120 Å². The highest BCUT2D eigenvalue weighted by Gasteiger charge is 2.30. The minimum absolute atomic E-state index is 0.176. The minimum atomic E-state index is -0.957. The molecule has 2 unspecified atom stereocenters.